The molecule has 0 aliphatic carbocycles. The molecule has 1 aliphatic heterocycles. The second-order valence-corrected chi connectivity index (χ2v) is 6.02. The van der Waals surface area contributed by atoms with Gasteiger partial charge in [-0.05, 0) is 49.6 Å². The molecule has 1 aliphatic rings. The quantitative estimate of drug-likeness (QED) is 0.647. The number of anilines is 1. The van der Waals surface area contributed by atoms with Crippen molar-refractivity contribution in [1.82, 2.24) is 16.2 Å². The van der Waals surface area contributed by atoms with Crippen LogP contribution in [0.5, 0.6) is 5.75 Å². The van der Waals surface area contributed by atoms with Crippen LogP contribution in [0.2, 0.25) is 0 Å². The average Bonchev–Trinajstić information content (AvgIpc) is 2.61. The van der Waals surface area contributed by atoms with Gasteiger partial charge < -0.3 is 15.4 Å². The first-order valence-electron chi connectivity index (χ1n) is 8.51. The van der Waals surface area contributed by atoms with E-state index in [4.69, 9.17) is 4.74 Å². The third-order valence-electron chi connectivity index (χ3n) is 4.12. The lowest BCUT2D eigenvalue weighted by Gasteiger charge is -2.32. The molecule has 2 aromatic carbocycles. The van der Waals surface area contributed by atoms with Gasteiger partial charge in [-0.15, -0.1) is 0 Å². The second kappa shape index (κ2) is 8.00. The molecule has 4 N–H and O–H groups in total. The molecular weight excluding hydrogens is 316 g/mol. The number of carbonyl (C=O) groups is 1. The average molecular weight is 340 g/mol. The van der Waals surface area contributed by atoms with Crippen molar-refractivity contribution in [2.24, 2.45) is 0 Å². The Labute approximate surface area is 147 Å². The Bertz CT molecular complexity index is 718. The summed E-state index contributed by atoms with van der Waals surface area (Å²) in [6.45, 7) is 4.62. The first kappa shape index (κ1) is 17.3. The number of para-hydroxylation sites is 1. The Kier molecular flexibility index (Phi) is 5.53. The number of ether oxygens (including phenoxy) is 1. The van der Waals surface area contributed by atoms with Crippen LogP contribution >= 0.6 is 0 Å². The van der Waals surface area contributed by atoms with Gasteiger partial charge in [-0.25, -0.2) is 10.9 Å². The van der Waals surface area contributed by atoms with E-state index in [0.29, 0.717) is 13.0 Å². The number of hydrogen-bond donors (Lipinski definition) is 4. The molecule has 0 bridgehead atoms. The van der Waals surface area contributed by atoms with E-state index in [1.807, 2.05) is 62.4 Å². The van der Waals surface area contributed by atoms with Crippen LogP contribution in [0.4, 0.5) is 5.69 Å². The molecule has 6 nitrogen and oxygen atoms in total. The molecule has 3 rings (SSSR count). The van der Waals surface area contributed by atoms with Crippen LogP contribution in [0.1, 0.15) is 18.1 Å². The number of hydrazine groups is 1. The summed E-state index contributed by atoms with van der Waals surface area (Å²) < 4.78 is 5.44. The van der Waals surface area contributed by atoms with Crippen LogP contribution in [0.25, 0.3) is 0 Å². The summed E-state index contributed by atoms with van der Waals surface area (Å²) in [5.74, 6) is 0.798. The Morgan fingerprint density at radius 2 is 1.84 bits per heavy atom. The Hall–Kier alpha value is -2.57. The lowest BCUT2D eigenvalue weighted by atomic mass is 10.1. The maximum atomic E-state index is 12.4. The zero-order valence-corrected chi connectivity index (χ0v) is 14.5. The number of nitrogens with one attached hydrogen (secondary N) is 4. The molecule has 2 atom stereocenters. The first-order valence-corrected chi connectivity index (χ1v) is 8.51. The van der Waals surface area contributed by atoms with Crippen molar-refractivity contribution >= 4 is 11.6 Å². The van der Waals surface area contributed by atoms with Crippen LogP contribution in [0, 0.1) is 6.92 Å². The normalized spacial score (nSPS) is 20.0. The summed E-state index contributed by atoms with van der Waals surface area (Å²) in [4.78, 5) is 12.4. The van der Waals surface area contributed by atoms with Gasteiger partial charge in [0, 0.05) is 5.69 Å². The first-order chi connectivity index (χ1) is 12.2. The van der Waals surface area contributed by atoms with E-state index in [2.05, 4.69) is 21.5 Å². The van der Waals surface area contributed by atoms with Gasteiger partial charge in [-0.2, -0.15) is 0 Å². The van der Waals surface area contributed by atoms with Crippen LogP contribution in [0.15, 0.2) is 48.5 Å². The number of aryl methyl sites for hydroxylation is 1. The summed E-state index contributed by atoms with van der Waals surface area (Å²) in [7, 11) is 0. The third kappa shape index (κ3) is 4.49. The highest BCUT2D eigenvalue weighted by molar-refractivity contribution is 5.83. The molecule has 1 fully saturated rings. The number of carbonyl (C=O) groups excluding carboxylic acids is 1. The number of rotatable bonds is 6. The lowest BCUT2D eigenvalue weighted by Crippen LogP contribution is -2.68. The van der Waals surface area contributed by atoms with Crippen molar-refractivity contribution in [2.45, 2.75) is 32.6 Å². The SMILES string of the molecule is CCOc1ccc(CC2NNC(Nc3ccccc3C)NC2=O)cc1. The fourth-order valence-corrected chi connectivity index (χ4v) is 2.76. The molecule has 1 amide bonds. The standard InChI is InChI=1S/C19H24N4O2/c1-3-25-15-10-8-14(9-11-15)12-17-18(24)21-19(23-22-17)20-16-7-5-4-6-13(16)2/h4-11,17,19-20,22-23H,3,12H2,1-2H3,(H,21,24). The summed E-state index contributed by atoms with van der Waals surface area (Å²) in [5.41, 5.74) is 9.37. The smallest absolute Gasteiger partial charge is 0.241 e. The van der Waals surface area contributed by atoms with Crippen molar-refractivity contribution < 1.29 is 9.53 Å². The van der Waals surface area contributed by atoms with Crippen molar-refractivity contribution in [3.8, 4) is 5.75 Å². The minimum Gasteiger partial charge on any atom is -0.494 e. The molecule has 0 aromatic heterocycles. The molecule has 1 heterocycles. The zero-order valence-electron chi connectivity index (χ0n) is 14.5. The van der Waals surface area contributed by atoms with Gasteiger partial charge in [0.1, 0.15) is 11.8 Å². The van der Waals surface area contributed by atoms with Gasteiger partial charge >= 0.3 is 0 Å². The maximum Gasteiger partial charge on any atom is 0.241 e. The highest BCUT2D eigenvalue weighted by Gasteiger charge is 2.27. The van der Waals surface area contributed by atoms with Gasteiger partial charge in [0.15, 0.2) is 6.29 Å². The molecule has 6 heteroatoms. The Morgan fingerprint density at radius 1 is 1.08 bits per heavy atom. The highest BCUT2D eigenvalue weighted by Crippen LogP contribution is 2.15. The van der Waals surface area contributed by atoms with Crippen LogP contribution in [0.3, 0.4) is 0 Å². The van der Waals surface area contributed by atoms with E-state index in [0.717, 1.165) is 22.6 Å². The van der Waals surface area contributed by atoms with Crippen molar-refractivity contribution in [3.63, 3.8) is 0 Å². The van der Waals surface area contributed by atoms with E-state index in [9.17, 15) is 4.79 Å². The predicted molar refractivity (Wildman–Crippen MR) is 98.1 cm³/mol. The molecule has 2 aromatic rings. The van der Waals surface area contributed by atoms with Crippen molar-refractivity contribution in [2.75, 3.05) is 11.9 Å². The van der Waals surface area contributed by atoms with E-state index in [1.54, 1.807) is 0 Å². The molecule has 2 unspecified atom stereocenters. The fourth-order valence-electron chi connectivity index (χ4n) is 2.76. The van der Waals surface area contributed by atoms with E-state index >= 15 is 0 Å². The van der Waals surface area contributed by atoms with Gasteiger partial charge in [0.25, 0.3) is 0 Å². The second-order valence-electron chi connectivity index (χ2n) is 6.02. The highest BCUT2D eigenvalue weighted by atomic mass is 16.5. The molecule has 0 spiro atoms. The summed E-state index contributed by atoms with van der Waals surface area (Å²) in [6, 6.07) is 15.4. The summed E-state index contributed by atoms with van der Waals surface area (Å²) in [6.07, 6.45) is 0.243. The molecule has 0 saturated carbocycles. The number of benzene rings is 2. The largest absolute Gasteiger partial charge is 0.494 e. The van der Waals surface area contributed by atoms with Gasteiger partial charge in [0.2, 0.25) is 5.91 Å². The molecular formula is C19H24N4O2. The zero-order chi connectivity index (χ0) is 17.6. The van der Waals surface area contributed by atoms with E-state index in [-0.39, 0.29) is 18.2 Å². The lowest BCUT2D eigenvalue weighted by molar-refractivity contribution is -0.126. The monoisotopic (exact) mass is 340 g/mol. The molecule has 0 radical (unpaired) electrons. The van der Waals surface area contributed by atoms with Crippen LogP contribution in [-0.2, 0) is 11.2 Å². The summed E-state index contributed by atoms with van der Waals surface area (Å²) >= 11 is 0. The topological polar surface area (TPSA) is 74.4 Å². The van der Waals surface area contributed by atoms with Gasteiger partial charge in [-0.3, -0.25) is 4.79 Å². The third-order valence-corrected chi connectivity index (χ3v) is 4.12. The molecule has 132 valence electrons. The Morgan fingerprint density at radius 3 is 2.52 bits per heavy atom. The predicted octanol–water partition coefficient (Wildman–Crippen LogP) is 1.92. The maximum absolute atomic E-state index is 12.4. The summed E-state index contributed by atoms with van der Waals surface area (Å²) in [5, 5.41) is 6.21. The molecule has 25 heavy (non-hydrogen) atoms. The van der Waals surface area contributed by atoms with Crippen molar-refractivity contribution in [1.29, 1.82) is 0 Å². The fraction of sp³-hybridized carbons (Fsp3) is 0.316. The van der Waals surface area contributed by atoms with E-state index < -0.39 is 0 Å². The van der Waals surface area contributed by atoms with Gasteiger partial charge in [-0.1, -0.05) is 30.3 Å². The number of hydrogen-bond acceptors (Lipinski definition) is 5. The minimum atomic E-state index is -0.356. The van der Waals surface area contributed by atoms with Gasteiger partial charge in [0.05, 0.1) is 6.61 Å². The number of amides is 1. The van der Waals surface area contributed by atoms with Crippen molar-refractivity contribution in [3.05, 3.63) is 59.7 Å². The molecule has 1 saturated heterocycles. The van der Waals surface area contributed by atoms with E-state index in [1.165, 1.54) is 0 Å². The Balaban J connectivity index is 1.55. The minimum absolute atomic E-state index is 0.0429. The van der Waals surface area contributed by atoms with Crippen LogP contribution in [-0.4, -0.2) is 24.8 Å². The van der Waals surface area contributed by atoms with Crippen LogP contribution < -0.4 is 26.2 Å².